The first-order valence-corrected chi connectivity index (χ1v) is 15.9. The average molecular weight is 585 g/mol. The quantitative estimate of drug-likeness (QED) is 0.105. The molecule has 4 aromatic rings. The Morgan fingerprint density at radius 1 is 0.561 bits per heavy atom. The molecule has 6 nitrogen and oxygen atoms in total. The third-order valence-corrected chi connectivity index (χ3v) is 8.63. The van der Waals surface area contributed by atoms with Crippen molar-refractivity contribution in [3.8, 4) is 0 Å². The van der Waals surface area contributed by atoms with Gasteiger partial charge in [-0.2, -0.15) is 23.5 Å². The van der Waals surface area contributed by atoms with Gasteiger partial charge < -0.3 is 21.3 Å². The Morgan fingerprint density at radius 3 is 1.41 bits per heavy atom. The monoisotopic (exact) mass is 584 g/mol. The van der Waals surface area contributed by atoms with Crippen LogP contribution in [0.1, 0.15) is 19.8 Å². The molecule has 0 radical (unpaired) electrons. The molecule has 4 rings (SSSR count). The van der Waals surface area contributed by atoms with E-state index in [2.05, 4.69) is 28.2 Å². The van der Waals surface area contributed by atoms with Crippen LogP contribution in [0.5, 0.6) is 0 Å². The van der Waals surface area contributed by atoms with Crippen molar-refractivity contribution in [2.45, 2.75) is 25.0 Å². The number of nitrogens with one attached hydrogen (secondary N) is 4. The number of benzene rings is 4. The molecular weight excluding hydrogens is 549 g/mol. The minimum Gasteiger partial charge on any atom is -0.356 e. The van der Waals surface area contributed by atoms with E-state index in [0.717, 1.165) is 51.4 Å². The molecule has 212 valence electrons. The Balaban J connectivity index is 1.04. The van der Waals surface area contributed by atoms with E-state index in [1.54, 1.807) is 23.5 Å². The van der Waals surface area contributed by atoms with Gasteiger partial charge in [-0.1, -0.05) is 43.3 Å². The standard InChI is InChI=1S/C33H36N4O2S2/c1-25(41-23-21-33(39)37-31-18-14-29(15-19-31)35-27-10-6-3-7-11-27)24-40-22-20-32(38)36-30-16-12-28(13-17-30)34-26-8-4-2-5-9-26/h2-19,25,34-35H,20-24H2,1H3,(H,36,38)(H,37,39). The highest BCUT2D eigenvalue weighted by Gasteiger charge is 2.08. The number of hydrogen-bond acceptors (Lipinski definition) is 6. The lowest BCUT2D eigenvalue weighted by atomic mass is 10.2. The second-order valence-electron chi connectivity index (χ2n) is 9.49. The lowest BCUT2D eigenvalue weighted by Gasteiger charge is -2.12. The summed E-state index contributed by atoms with van der Waals surface area (Å²) >= 11 is 3.55. The van der Waals surface area contributed by atoms with Gasteiger partial charge in [0.15, 0.2) is 0 Å². The van der Waals surface area contributed by atoms with Crippen molar-refractivity contribution in [3.05, 3.63) is 109 Å². The van der Waals surface area contributed by atoms with Gasteiger partial charge in [0, 0.05) is 69.5 Å². The molecule has 4 N–H and O–H groups in total. The normalized spacial score (nSPS) is 11.3. The molecule has 0 saturated carbocycles. The van der Waals surface area contributed by atoms with Gasteiger partial charge in [-0.3, -0.25) is 9.59 Å². The van der Waals surface area contributed by atoms with E-state index in [9.17, 15) is 9.59 Å². The van der Waals surface area contributed by atoms with Gasteiger partial charge in [-0.25, -0.2) is 0 Å². The molecule has 0 aliphatic heterocycles. The zero-order valence-corrected chi connectivity index (χ0v) is 24.8. The first-order valence-electron chi connectivity index (χ1n) is 13.7. The molecule has 2 amide bonds. The lowest BCUT2D eigenvalue weighted by Crippen LogP contribution is -2.14. The van der Waals surface area contributed by atoms with Crippen molar-refractivity contribution in [2.75, 3.05) is 38.5 Å². The predicted molar refractivity (Wildman–Crippen MR) is 178 cm³/mol. The fourth-order valence-corrected chi connectivity index (χ4v) is 6.12. The number of carbonyl (C=O) groups excluding carboxylic acids is 2. The van der Waals surface area contributed by atoms with Crippen LogP contribution in [0.15, 0.2) is 109 Å². The lowest BCUT2D eigenvalue weighted by molar-refractivity contribution is -0.116. The topological polar surface area (TPSA) is 82.3 Å². The molecule has 4 aromatic carbocycles. The minimum atomic E-state index is 0.0154. The SMILES string of the molecule is CC(CSCCC(=O)Nc1ccc(Nc2ccccc2)cc1)SCCC(=O)Nc1ccc(Nc2ccccc2)cc1. The molecule has 1 atom stereocenters. The molecule has 0 bridgehead atoms. The number of anilines is 6. The molecular formula is C33H36N4O2S2. The van der Waals surface area contributed by atoms with Gasteiger partial charge in [0.1, 0.15) is 0 Å². The van der Waals surface area contributed by atoms with Crippen LogP contribution in [-0.4, -0.2) is 34.3 Å². The van der Waals surface area contributed by atoms with E-state index in [1.165, 1.54) is 0 Å². The zero-order valence-electron chi connectivity index (χ0n) is 23.1. The van der Waals surface area contributed by atoms with E-state index >= 15 is 0 Å². The Kier molecular flexibility index (Phi) is 12.0. The molecule has 0 heterocycles. The van der Waals surface area contributed by atoms with Crippen molar-refractivity contribution in [3.63, 3.8) is 0 Å². The van der Waals surface area contributed by atoms with Gasteiger partial charge in [-0.05, 0) is 72.8 Å². The molecule has 0 aliphatic rings. The summed E-state index contributed by atoms with van der Waals surface area (Å²) in [5.41, 5.74) is 5.57. The number of hydrogen-bond donors (Lipinski definition) is 4. The molecule has 0 spiro atoms. The van der Waals surface area contributed by atoms with Gasteiger partial charge >= 0.3 is 0 Å². The van der Waals surface area contributed by atoms with Crippen LogP contribution in [0, 0.1) is 0 Å². The van der Waals surface area contributed by atoms with Gasteiger partial charge in [0.2, 0.25) is 11.8 Å². The summed E-state index contributed by atoms with van der Waals surface area (Å²) in [7, 11) is 0. The number of para-hydroxylation sites is 2. The number of rotatable bonds is 15. The minimum absolute atomic E-state index is 0.0154. The second-order valence-corrected chi connectivity index (χ2v) is 12.2. The predicted octanol–water partition coefficient (Wildman–Crippen LogP) is 8.39. The number of thioether (sulfide) groups is 2. The molecule has 0 fully saturated rings. The van der Waals surface area contributed by atoms with Crippen molar-refractivity contribution in [2.24, 2.45) is 0 Å². The van der Waals surface area contributed by atoms with E-state index in [1.807, 2.05) is 109 Å². The van der Waals surface area contributed by atoms with Crippen molar-refractivity contribution in [1.29, 1.82) is 0 Å². The molecule has 0 aromatic heterocycles. The van der Waals surface area contributed by atoms with Crippen LogP contribution < -0.4 is 21.3 Å². The maximum absolute atomic E-state index is 12.4. The molecule has 41 heavy (non-hydrogen) atoms. The van der Waals surface area contributed by atoms with Crippen LogP contribution in [-0.2, 0) is 9.59 Å². The Hall–Kier alpha value is -3.88. The van der Waals surface area contributed by atoms with Crippen LogP contribution in [0.25, 0.3) is 0 Å². The van der Waals surface area contributed by atoms with Crippen LogP contribution in [0.2, 0.25) is 0 Å². The molecule has 0 saturated heterocycles. The van der Waals surface area contributed by atoms with Gasteiger partial charge in [0.05, 0.1) is 0 Å². The fourth-order valence-electron chi connectivity index (χ4n) is 3.91. The fraction of sp³-hybridized carbons (Fsp3) is 0.212. The van der Waals surface area contributed by atoms with E-state index in [-0.39, 0.29) is 11.8 Å². The van der Waals surface area contributed by atoms with Gasteiger partial charge in [0.25, 0.3) is 0 Å². The van der Waals surface area contributed by atoms with Crippen LogP contribution in [0.4, 0.5) is 34.1 Å². The van der Waals surface area contributed by atoms with Crippen molar-refractivity contribution >= 4 is 69.5 Å². The second kappa shape index (κ2) is 16.4. The highest BCUT2D eigenvalue weighted by molar-refractivity contribution is 8.03. The summed E-state index contributed by atoms with van der Waals surface area (Å²) in [6.45, 7) is 2.17. The maximum Gasteiger partial charge on any atom is 0.225 e. The molecule has 8 heteroatoms. The van der Waals surface area contributed by atoms with Crippen LogP contribution in [0.3, 0.4) is 0 Å². The summed E-state index contributed by atoms with van der Waals surface area (Å²) < 4.78 is 0. The maximum atomic E-state index is 12.4. The first kappa shape index (κ1) is 30.1. The number of carbonyl (C=O) groups is 2. The summed E-state index contributed by atoms with van der Waals surface area (Å²) in [6, 6.07) is 35.4. The highest BCUT2D eigenvalue weighted by atomic mass is 32.2. The Morgan fingerprint density at radius 2 is 0.951 bits per heavy atom. The van der Waals surface area contributed by atoms with Gasteiger partial charge in [-0.15, -0.1) is 0 Å². The van der Waals surface area contributed by atoms with E-state index in [0.29, 0.717) is 18.1 Å². The Labute approximate surface area is 251 Å². The summed E-state index contributed by atoms with van der Waals surface area (Å²) in [5.74, 6) is 2.50. The Bertz CT molecular complexity index is 1350. The third-order valence-electron chi connectivity index (χ3n) is 6.02. The molecule has 1 unspecified atom stereocenters. The molecule has 0 aliphatic carbocycles. The number of amides is 2. The van der Waals surface area contributed by atoms with Crippen molar-refractivity contribution in [1.82, 2.24) is 0 Å². The average Bonchev–Trinajstić information content (AvgIpc) is 2.98. The first-order chi connectivity index (χ1) is 20.0. The summed E-state index contributed by atoms with van der Waals surface area (Å²) in [4.78, 5) is 24.7. The van der Waals surface area contributed by atoms with E-state index < -0.39 is 0 Å². The smallest absolute Gasteiger partial charge is 0.225 e. The third kappa shape index (κ3) is 11.3. The summed E-state index contributed by atoms with van der Waals surface area (Å²) in [5, 5.41) is 13.0. The van der Waals surface area contributed by atoms with E-state index in [4.69, 9.17) is 0 Å². The largest absolute Gasteiger partial charge is 0.356 e. The zero-order chi connectivity index (χ0) is 28.7. The van der Waals surface area contributed by atoms with Crippen LogP contribution >= 0.6 is 23.5 Å². The summed E-state index contributed by atoms with van der Waals surface area (Å²) in [6.07, 6.45) is 0.930. The van der Waals surface area contributed by atoms with Crippen molar-refractivity contribution < 1.29 is 9.59 Å². The highest BCUT2D eigenvalue weighted by Crippen LogP contribution is 2.21.